The van der Waals surface area contributed by atoms with E-state index in [0.29, 0.717) is 21.6 Å². The van der Waals surface area contributed by atoms with Gasteiger partial charge >= 0.3 is 5.97 Å². The summed E-state index contributed by atoms with van der Waals surface area (Å²) in [5.41, 5.74) is 2.60. The smallest absolute Gasteiger partial charge is 0.335 e. The number of nitrogens with one attached hydrogen (secondary N) is 1. The summed E-state index contributed by atoms with van der Waals surface area (Å²) in [5, 5.41) is 12.3. The average Bonchev–Trinajstić information content (AvgIpc) is 3.17. The van der Waals surface area contributed by atoms with E-state index in [1.54, 1.807) is 37.5 Å². The van der Waals surface area contributed by atoms with E-state index in [1.165, 1.54) is 23.9 Å². The predicted molar refractivity (Wildman–Crippen MR) is 128 cm³/mol. The zero-order valence-electron chi connectivity index (χ0n) is 17.6. The Morgan fingerprint density at radius 2 is 1.82 bits per heavy atom. The van der Waals surface area contributed by atoms with Gasteiger partial charge in [0.2, 0.25) is 0 Å². The summed E-state index contributed by atoms with van der Waals surface area (Å²) in [6, 6.07) is 21.3. The van der Waals surface area contributed by atoms with E-state index >= 15 is 0 Å². The van der Waals surface area contributed by atoms with Crippen LogP contribution in [-0.4, -0.2) is 29.3 Å². The number of aliphatic imine (C=N–C) groups is 1. The minimum atomic E-state index is -0.971. The van der Waals surface area contributed by atoms with E-state index in [-0.39, 0.29) is 18.1 Å². The van der Waals surface area contributed by atoms with Crippen molar-refractivity contribution >= 4 is 40.6 Å². The van der Waals surface area contributed by atoms with Crippen LogP contribution in [0.5, 0.6) is 11.5 Å². The molecule has 4 rings (SSSR count). The summed E-state index contributed by atoms with van der Waals surface area (Å²) in [7, 11) is 1.54. The van der Waals surface area contributed by atoms with Crippen molar-refractivity contribution in [3.8, 4) is 11.5 Å². The lowest BCUT2D eigenvalue weighted by Crippen LogP contribution is -2.19. The van der Waals surface area contributed by atoms with Crippen LogP contribution >= 0.6 is 11.8 Å². The van der Waals surface area contributed by atoms with Gasteiger partial charge < -0.3 is 19.9 Å². The Morgan fingerprint density at radius 3 is 2.52 bits per heavy atom. The van der Waals surface area contributed by atoms with Gasteiger partial charge in [0.1, 0.15) is 6.61 Å². The molecule has 0 unspecified atom stereocenters. The van der Waals surface area contributed by atoms with Gasteiger partial charge in [0.25, 0.3) is 5.91 Å². The maximum Gasteiger partial charge on any atom is 0.335 e. The molecule has 33 heavy (non-hydrogen) atoms. The minimum absolute atomic E-state index is 0.209. The molecule has 0 radical (unpaired) electrons. The van der Waals surface area contributed by atoms with Crippen LogP contribution in [0.4, 0.5) is 5.69 Å². The molecule has 8 heteroatoms. The summed E-state index contributed by atoms with van der Waals surface area (Å²) in [6.07, 6.45) is 1.77. The Kier molecular flexibility index (Phi) is 6.75. The maximum atomic E-state index is 12.4. The van der Waals surface area contributed by atoms with Crippen LogP contribution < -0.4 is 14.8 Å². The summed E-state index contributed by atoms with van der Waals surface area (Å²) >= 11 is 1.27. The van der Waals surface area contributed by atoms with Gasteiger partial charge in [0, 0.05) is 0 Å². The van der Waals surface area contributed by atoms with E-state index in [9.17, 15) is 9.59 Å². The SMILES string of the molecule is COc1cc(/C=C2\SC(=Nc3ccccc3)NC2=O)ccc1OCc1ccc(C(=O)O)cc1. The van der Waals surface area contributed by atoms with Gasteiger partial charge in [-0.2, -0.15) is 0 Å². The largest absolute Gasteiger partial charge is 0.493 e. The first-order valence-electron chi connectivity index (χ1n) is 9.99. The van der Waals surface area contributed by atoms with E-state index in [4.69, 9.17) is 14.6 Å². The third kappa shape index (κ3) is 5.61. The number of benzene rings is 3. The highest BCUT2D eigenvalue weighted by Gasteiger charge is 2.24. The fraction of sp³-hybridized carbons (Fsp3) is 0.0800. The van der Waals surface area contributed by atoms with Crippen LogP contribution in [0.3, 0.4) is 0 Å². The third-order valence-corrected chi connectivity index (χ3v) is 5.63. The van der Waals surface area contributed by atoms with Crippen molar-refractivity contribution in [1.82, 2.24) is 5.32 Å². The van der Waals surface area contributed by atoms with Crippen LogP contribution in [0.15, 0.2) is 82.7 Å². The molecule has 0 spiro atoms. The van der Waals surface area contributed by atoms with Crippen LogP contribution in [-0.2, 0) is 11.4 Å². The Labute approximate surface area is 194 Å². The van der Waals surface area contributed by atoms with Gasteiger partial charge in [0.15, 0.2) is 16.7 Å². The first kappa shape index (κ1) is 22.2. The number of ether oxygens (including phenoxy) is 2. The molecule has 3 aromatic rings. The number of hydrogen-bond donors (Lipinski definition) is 2. The lowest BCUT2D eigenvalue weighted by Gasteiger charge is -2.11. The molecule has 0 aliphatic carbocycles. The molecule has 0 atom stereocenters. The second-order valence-corrected chi connectivity index (χ2v) is 8.05. The Hall–Kier alpha value is -4.04. The molecule has 7 nitrogen and oxygen atoms in total. The summed E-state index contributed by atoms with van der Waals surface area (Å²) < 4.78 is 11.3. The van der Waals surface area contributed by atoms with Crippen LogP contribution in [0.2, 0.25) is 0 Å². The van der Waals surface area contributed by atoms with Gasteiger partial charge in [-0.3, -0.25) is 4.79 Å². The molecule has 1 saturated heterocycles. The van der Waals surface area contributed by atoms with Gasteiger partial charge in [-0.25, -0.2) is 9.79 Å². The third-order valence-electron chi connectivity index (χ3n) is 4.72. The number of rotatable bonds is 7. The minimum Gasteiger partial charge on any atom is -0.493 e. The fourth-order valence-corrected chi connectivity index (χ4v) is 3.89. The second kappa shape index (κ2) is 10.1. The highest BCUT2D eigenvalue weighted by molar-refractivity contribution is 8.18. The zero-order chi connectivity index (χ0) is 23.2. The average molecular weight is 461 g/mol. The number of hydrogen-bond acceptors (Lipinski definition) is 6. The van der Waals surface area contributed by atoms with Gasteiger partial charge in [0.05, 0.1) is 23.3 Å². The summed E-state index contributed by atoms with van der Waals surface area (Å²) in [6.45, 7) is 0.258. The maximum absolute atomic E-state index is 12.4. The van der Waals surface area contributed by atoms with Crippen LogP contribution in [0.25, 0.3) is 6.08 Å². The van der Waals surface area contributed by atoms with E-state index in [1.807, 2.05) is 36.4 Å². The molecule has 0 bridgehead atoms. The first-order chi connectivity index (χ1) is 16.0. The molecule has 1 aliphatic rings. The number of carboxylic acid groups (broad SMARTS) is 1. The molecule has 166 valence electrons. The molecule has 0 saturated carbocycles. The van der Waals surface area contributed by atoms with Crippen molar-refractivity contribution in [1.29, 1.82) is 0 Å². The Morgan fingerprint density at radius 1 is 1.06 bits per heavy atom. The number of amides is 1. The highest BCUT2D eigenvalue weighted by atomic mass is 32.2. The van der Waals surface area contributed by atoms with E-state index in [2.05, 4.69) is 10.3 Å². The number of methoxy groups -OCH3 is 1. The number of nitrogens with zero attached hydrogens (tertiary/aromatic N) is 1. The van der Waals surface area contributed by atoms with Crippen LogP contribution in [0, 0.1) is 0 Å². The molecule has 1 aliphatic heterocycles. The highest BCUT2D eigenvalue weighted by Crippen LogP contribution is 2.32. The van der Waals surface area contributed by atoms with Gasteiger partial charge in [-0.15, -0.1) is 0 Å². The standard InChI is InChI=1S/C25H20N2O5S/c1-31-21-13-17(9-12-20(21)32-15-16-7-10-18(11-8-16)24(29)30)14-22-23(28)27-25(33-22)26-19-5-3-2-4-6-19/h2-14H,15H2,1H3,(H,29,30)(H,26,27,28)/b22-14-. The zero-order valence-corrected chi connectivity index (χ0v) is 18.5. The molecular formula is C25H20N2O5S. The number of carboxylic acids is 1. The normalized spacial score (nSPS) is 15.5. The molecule has 1 heterocycles. The number of para-hydroxylation sites is 1. The summed E-state index contributed by atoms with van der Waals surface area (Å²) in [5.74, 6) is -0.120. The van der Waals surface area contributed by atoms with Gasteiger partial charge in [-0.05, 0) is 65.4 Å². The molecule has 1 amide bonds. The second-order valence-electron chi connectivity index (χ2n) is 7.02. The van der Waals surface area contributed by atoms with Crippen molar-refractivity contribution in [2.24, 2.45) is 4.99 Å². The van der Waals surface area contributed by atoms with Crippen molar-refractivity contribution in [2.75, 3.05) is 7.11 Å². The predicted octanol–water partition coefficient (Wildman–Crippen LogP) is 4.86. The molecule has 3 aromatic carbocycles. The first-order valence-corrected chi connectivity index (χ1v) is 10.8. The number of amidine groups is 1. The van der Waals surface area contributed by atoms with Crippen molar-refractivity contribution in [3.63, 3.8) is 0 Å². The topological polar surface area (TPSA) is 97.2 Å². The Balaban J connectivity index is 1.46. The molecule has 0 aromatic heterocycles. The number of thioether (sulfide) groups is 1. The number of aromatic carboxylic acids is 1. The van der Waals surface area contributed by atoms with E-state index < -0.39 is 5.97 Å². The molecule has 2 N–H and O–H groups in total. The molecule has 1 fully saturated rings. The quantitative estimate of drug-likeness (QED) is 0.489. The van der Waals surface area contributed by atoms with Crippen molar-refractivity contribution < 1.29 is 24.2 Å². The number of carbonyl (C=O) groups excluding carboxylic acids is 1. The van der Waals surface area contributed by atoms with E-state index in [0.717, 1.165) is 16.8 Å². The summed E-state index contributed by atoms with van der Waals surface area (Å²) in [4.78, 5) is 28.3. The fourth-order valence-electron chi connectivity index (χ4n) is 3.05. The van der Waals surface area contributed by atoms with Crippen molar-refractivity contribution in [2.45, 2.75) is 6.61 Å². The molecular weight excluding hydrogens is 440 g/mol. The van der Waals surface area contributed by atoms with Crippen molar-refractivity contribution in [3.05, 3.63) is 94.4 Å². The lowest BCUT2D eigenvalue weighted by atomic mass is 10.1. The monoisotopic (exact) mass is 460 g/mol. The lowest BCUT2D eigenvalue weighted by molar-refractivity contribution is -0.115. The van der Waals surface area contributed by atoms with Crippen LogP contribution in [0.1, 0.15) is 21.5 Å². The van der Waals surface area contributed by atoms with Gasteiger partial charge in [-0.1, -0.05) is 36.4 Å². The number of carbonyl (C=O) groups is 2. The Bertz CT molecular complexity index is 1240.